The van der Waals surface area contributed by atoms with Gasteiger partial charge in [0.05, 0.1) is 6.54 Å². The van der Waals surface area contributed by atoms with E-state index < -0.39 is 5.97 Å². The lowest BCUT2D eigenvalue weighted by molar-refractivity contribution is -0.138. The van der Waals surface area contributed by atoms with Gasteiger partial charge in [-0.2, -0.15) is 0 Å². The third-order valence-electron chi connectivity index (χ3n) is 5.29. The van der Waals surface area contributed by atoms with Crippen LogP contribution in [0.1, 0.15) is 44.6 Å². The van der Waals surface area contributed by atoms with Crippen molar-refractivity contribution in [3.8, 4) is 0 Å². The Morgan fingerprint density at radius 2 is 1.96 bits per heavy atom. The van der Waals surface area contributed by atoms with Gasteiger partial charge in [-0.05, 0) is 56.8 Å². The van der Waals surface area contributed by atoms with Crippen LogP contribution >= 0.6 is 0 Å². The first-order valence-electron chi connectivity index (χ1n) is 9.16. The third kappa shape index (κ3) is 5.60. The number of hydrogen-bond donors (Lipinski definition) is 1. The minimum atomic E-state index is -0.734. The summed E-state index contributed by atoms with van der Waals surface area (Å²) in [6.07, 6.45) is 3.30. The summed E-state index contributed by atoms with van der Waals surface area (Å²) in [7, 11) is 1.94. The molecule has 1 aromatic carbocycles. The van der Waals surface area contributed by atoms with E-state index in [-0.39, 0.29) is 6.54 Å². The Hall–Kier alpha value is -1.39. The zero-order valence-electron chi connectivity index (χ0n) is 15.3. The molecule has 0 radical (unpaired) electrons. The SMILES string of the molecule is CC(C)C(CN1CCCC(N(C)CC(=O)O)CC1)c1ccccc1. The van der Waals surface area contributed by atoms with Gasteiger partial charge < -0.3 is 10.0 Å². The molecule has 134 valence electrons. The summed E-state index contributed by atoms with van der Waals surface area (Å²) >= 11 is 0. The van der Waals surface area contributed by atoms with Crippen LogP contribution < -0.4 is 0 Å². The molecule has 1 aliphatic rings. The summed E-state index contributed by atoms with van der Waals surface area (Å²) in [5.74, 6) is 0.434. The minimum Gasteiger partial charge on any atom is -0.480 e. The molecule has 0 amide bonds. The first-order valence-corrected chi connectivity index (χ1v) is 9.16. The molecular formula is C20H32N2O2. The molecule has 0 spiro atoms. The van der Waals surface area contributed by atoms with E-state index in [1.165, 1.54) is 5.56 Å². The van der Waals surface area contributed by atoms with Crippen molar-refractivity contribution < 1.29 is 9.90 Å². The van der Waals surface area contributed by atoms with Crippen molar-refractivity contribution in [2.75, 3.05) is 33.2 Å². The van der Waals surface area contributed by atoms with Gasteiger partial charge in [0.1, 0.15) is 0 Å². The molecule has 1 heterocycles. The molecule has 24 heavy (non-hydrogen) atoms. The van der Waals surface area contributed by atoms with E-state index in [9.17, 15) is 4.79 Å². The van der Waals surface area contributed by atoms with Gasteiger partial charge in [0.2, 0.25) is 0 Å². The fraction of sp³-hybridized carbons (Fsp3) is 0.650. The molecule has 0 bridgehead atoms. The molecule has 1 aromatic rings. The number of rotatable bonds is 7. The number of likely N-dealkylation sites (N-methyl/N-ethyl adjacent to an activating group) is 1. The highest BCUT2D eigenvalue weighted by Crippen LogP contribution is 2.27. The van der Waals surface area contributed by atoms with Crippen LogP contribution in [0.5, 0.6) is 0 Å². The highest BCUT2D eigenvalue weighted by atomic mass is 16.4. The largest absolute Gasteiger partial charge is 0.480 e. The molecule has 1 fully saturated rings. The van der Waals surface area contributed by atoms with Gasteiger partial charge in [-0.1, -0.05) is 44.2 Å². The average Bonchev–Trinajstić information content (AvgIpc) is 2.78. The quantitative estimate of drug-likeness (QED) is 0.832. The van der Waals surface area contributed by atoms with E-state index in [1.54, 1.807) is 0 Å². The van der Waals surface area contributed by atoms with Gasteiger partial charge >= 0.3 is 5.97 Å². The molecule has 0 aliphatic carbocycles. The maximum absolute atomic E-state index is 10.9. The van der Waals surface area contributed by atoms with Crippen molar-refractivity contribution in [1.29, 1.82) is 0 Å². The number of benzene rings is 1. The van der Waals surface area contributed by atoms with Crippen LogP contribution in [0.2, 0.25) is 0 Å². The van der Waals surface area contributed by atoms with Crippen LogP contribution in [0, 0.1) is 5.92 Å². The fourth-order valence-corrected chi connectivity index (χ4v) is 3.78. The zero-order valence-corrected chi connectivity index (χ0v) is 15.3. The lowest BCUT2D eigenvalue weighted by Crippen LogP contribution is -2.37. The van der Waals surface area contributed by atoms with Crippen molar-refractivity contribution in [2.45, 2.75) is 45.1 Å². The predicted molar refractivity (Wildman–Crippen MR) is 98.4 cm³/mol. The van der Waals surface area contributed by atoms with Crippen LogP contribution in [0.15, 0.2) is 30.3 Å². The molecule has 2 unspecified atom stereocenters. The summed E-state index contributed by atoms with van der Waals surface area (Å²) < 4.78 is 0. The van der Waals surface area contributed by atoms with Gasteiger partial charge in [0.15, 0.2) is 0 Å². The lowest BCUT2D eigenvalue weighted by atomic mass is 9.88. The van der Waals surface area contributed by atoms with Gasteiger partial charge in [-0.15, -0.1) is 0 Å². The summed E-state index contributed by atoms with van der Waals surface area (Å²) in [4.78, 5) is 15.5. The molecule has 4 nitrogen and oxygen atoms in total. The van der Waals surface area contributed by atoms with Gasteiger partial charge in [0, 0.05) is 12.6 Å². The zero-order chi connectivity index (χ0) is 17.5. The van der Waals surface area contributed by atoms with Gasteiger partial charge in [-0.25, -0.2) is 0 Å². The second-order valence-electron chi connectivity index (χ2n) is 7.46. The monoisotopic (exact) mass is 332 g/mol. The Balaban J connectivity index is 1.94. The van der Waals surface area contributed by atoms with E-state index in [1.807, 2.05) is 11.9 Å². The summed E-state index contributed by atoms with van der Waals surface area (Å²) in [6.45, 7) is 8.02. The van der Waals surface area contributed by atoms with Crippen LogP contribution in [-0.4, -0.2) is 60.1 Å². The van der Waals surface area contributed by atoms with E-state index in [0.29, 0.717) is 17.9 Å². The van der Waals surface area contributed by atoms with Gasteiger partial charge in [0.25, 0.3) is 0 Å². The maximum atomic E-state index is 10.9. The number of likely N-dealkylation sites (tertiary alicyclic amines) is 1. The Bertz CT molecular complexity index is 504. The average molecular weight is 332 g/mol. The number of carboxylic acids is 1. The van der Waals surface area contributed by atoms with Crippen molar-refractivity contribution >= 4 is 5.97 Å². The number of carbonyl (C=O) groups is 1. The minimum absolute atomic E-state index is 0.142. The van der Waals surface area contributed by atoms with E-state index in [2.05, 4.69) is 49.1 Å². The van der Waals surface area contributed by atoms with Crippen LogP contribution in [0.4, 0.5) is 0 Å². The number of hydrogen-bond acceptors (Lipinski definition) is 3. The summed E-state index contributed by atoms with van der Waals surface area (Å²) in [5.41, 5.74) is 1.43. The molecule has 1 N–H and O–H groups in total. The van der Waals surface area contributed by atoms with Gasteiger partial charge in [-0.3, -0.25) is 9.69 Å². The topological polar surface area (TPSA) is 43.8 Å². The molecule has 2 rings (SSSR count). The van der Waals surface area contributed by atoms with E-state index in [4.69, 9.17) is 5.11 Å². The van der Waals surface area contributed by atoms with Crippen LogP contribution in [-0.2, 0) is 4.79 Å². The highest BCUT2D eigenvalue weighted by Gasteiger charge is 2.24. The summed E-state index contributed by atoms with van der Waals surface area (Å²) in [5, 5.41) is 8.99. The first-order chi connectivity index (χ1) is 11.5. The Morgan fingerprint density at radius 1 is 1.25 bits per heavy atom. The number of nitrogens with zero attached hydrogens (tertiary/aromatic N) is 2. The molecule has 0 aromatic heterocycles. The Labute approximate surface area is 146 Å². The third-order valence-corrected chi connectivity index (χ3v) is 5.29. The highest BCUT2D eigenvalue weighted by molar-refractivity contribution is 5.69. The smallest absolute Gasteiger partial charge is 0.317 e. The van der Waals surface area contributed by atoms with Crippen molar-refractivity contribution in [3.63, 3.8) is 0 Å². The Morgan fingerprint density at radius 3 is 2.58 bits per heavy atom. The lowest BCUT2D eigenvalue weighted by Gasteiger charge is -2.30. The van der Waals surface area contributed by atoms with Crippen LogP contribution in [0.25, 0.3) is 0 Å². The molecule has 1 saturated heterocycles. The van der Waals surface area contributed by atoms with E-state index >= 15 is 0 Å². The standard InChI is InChI=1S/C20H32N2O2/c1-16(2)19(17-8-5-4-6-9-17)14-22-12-7-10-18(11-13-22)21(3)15-20(23)24/h4-6,8-9,16,18-19H,7,10-15H2,1-3H3,(H,23,24). The summed E-state index contributed by atoms with van der Waals surface area (Å²) in [6, 6.07) is 11.2. The fourth-order valence-electron chi connectivity index (χ4n) is 3.78. The normalized spacial score (nSPS) is 21.0. The van der Waals surface area contributed by atoms with Crippen molar-refractivity contribution in [2.24, 2.45) is 5.92 Å². The van der Waals surface area contributed by atoms with Crippen molar-refractivity contribution in [1.82, 2.24) is 9.80 Å². The Kier molecular flexibility index (Phi) is 7.25. The predicted octanol–water partition coefficient (Wildman–Crippen LogP) is 3.30. The number of carboxylic acid groups (broad SMARTS) is 1. The second kappa shape index (κ2) is 9.19. The van der Waals surface area contributed by atoms with E-state index in [0.717, 1.165) is 38.9 Å². The van der Waals surface area contributed by atoms with Crippen LogP contribution in [0.3, 0.4) is 0 Å². The first kappa shape index (κ1) is 18.9. The molecule has 1 aliphatic heterocycles. The molecule has 4 heteroatoms. The van der Waals surface area contributed by atoms with Crippen molar-refractivity contribution in [3.05, 3.63) is 35.9 Å². The molecular weight excluding hydrogens is 300 g/mol. The maximum Gasteiger partial charge on any atom is 0.317 e. The molecule has 0 saturated carbocycles. The second-order valence-corrected chi connectivity index (χ2v) is 7.46. The molecule has 2 atom stereocenters. The number of aliphatic carboxylic acids is 1.